The first-order valence-corrected chi connectivity index (χ1v) is 21.5. The molecule has 362 valence electrons. The minimum absolute atomic E-state index is 0.0129. The average molecular weight is 955 g/mol. The summed E-state index contributed by atoms with van der Waals surface area (Å²) in [4.78, 5) is 149. The van der Waals surface area contributed by atoms with Crippen LogP contribution in [0.25, 0.3) is 0 Å². The fourth-order valence-electron chi connectivity index (χ4n) is 5.16. The summed E-state index contributed by atoms with van der Waals surface area (Å²) >= 11 is 5.26. The van der Waals surface area contributed by atoms with Crippen LogP contribution in [-0.2, 0) is 57.5 Å². The normalized spacial score (nSPS) is 14.0. The second-order valence-corrected chi connectivity index (χ2v) is 15.1. The molecule has 27 nitrogen and oxygen atoms in total. The molecule has 0 unspecified atom stereocenters. The van der Waals surface area contributed by atoms with Crippen molar-refractivity contribution in [3.05, 3.63) is 0 Å². The van der Waals surface area contributed by atoms with Crippen molar-refractivity contribution in [3.63, 3.8) is 0 Å². The summed E-state index contributed by atoms with van der Waals surface area (Å²) in [5, 5.41) is 63.9. The van der Waals surface area contributed by atoms with Gasteiger partial charge in [-0.05, 0) is 57.1 Å². The number of carbonyl (C=O) groups is 12. The second-order valence-electron chi connectivity index (χ2n) is 13.8. The Morgan fingerprint density at radius 3 is 1.44 bits per heavy atom. The molecule has 0 aliphatic heterocycles. The van der Waals surface area contributed by atoms with Gasteiger partial charge in [0, 0.05) is 18.6 Å². The number of hydrogen-bond acceptors (Lipinski definition) is 17. The molecule has 0 saturated heterocycles. The Morgan fingerprint density at radius 1 is 0.547 bits per heavy atom. The van der Waals surface area contributed by atoms with Gasteiger partial charge in [0.15, 0.2) is 0 Å². The topological polar surface area (TPSA) is 454 Å². The number of thioether (sulfide) groups is 1. The first-order valence-electron chi connectivity index (χ1n) is 19.5. The van der Waals surface area contributed by atoms with E-state index in [1.165, 1.54) is 11.8 Å². The number of carboxylic acids is 4. The first kappa shape index (κ1) is 58.2. The molecule has 0 aromatic carbocycles. The summed E-state index contributed by atoms with van der Waals surface area (Å²) in [7, 11) is 0. The van der Waals surface area contributed by atoms with Crippen LogP contribution in [0.3, 0.4) is 0 Å². The number of thiol groups is 1. The van der Waals surface area contributed by atoms with E-state index in [0.717, 1.165) is 0 Å². The number of aliphatic hydroxyl groups excluding tert-OH is 1. The van der Waals surface area contributed by atoms with Crippen LogP contribution in [0.5, 0.6) is 0 Å². The lowest BCUT2D eigenvalue weighted by Gasteiger charge is -2.24. The Morgan fingerprint density at radius 2 is 0.984 bits per heavy atom. The maximum absolute atomic E-state index is 13.3. The molecule has 7 atom stereocenters. The number of aliphatic carboxylic acids is 4. The molecule has 17 N–H and O–H groups in total. The summed E-state index contributed by atoms with van der Waals surface area (Å²) in [6, 6.07) is -10.6. The van der Waals surface area contributed by atoms with Crippen LogP contribution in [0.4, 0.5) is 0 Å². The zero-order valence-electron chi connectivity index (χ0n) is 34.8. The minimum Gasteiger partial charge on any atom is -0.481 e. The summed E-state index contributed by atoms with van der Waals surface area (Å²) in [5.41, 5.74) is 10.9. The minimum atomic E-state index is -1.84. The molecule has 0 fully saturated rings. The molecule has 0 aliphatic rings. The average Bonchev–Trinajstić information content (AvgIpc) is 3.23. The van der Waals surface area contributed by atoms with Gasteiger partial charge in [-0.25, -0.2) is 4.79 Å². The third kappa shape index (κ3) is 24.8. The monoisotopic (exact) mass is 954 g/mol. The summed E-state index contributed by atoms with van der Waals surface area (Å²) < 4.78 is 0. The van der Waals surface area contributed by atoms with E-state index in [-0.39, 0.29) is 25.1 Å². The maximum atomic E-state index is 13.3. The van der Waals surface area contributed by atoms with Crippen LogP contribution >= 0.6 is 24.4 Å². The number of unbranched alkanes of at least 4 members (excludes halogenated alkanes) is 1. The number of carboxylic acid groups (broad SMARTS) is 4. The van der Waals surface area contributed by atoms with Gasteiger partial charge in [-0.2, -0.15) is 24.4 Å². The van der Waals surface area contributed by atoms with Crippen molar-refractivity contribution < 1.29 is 83.1 Å². The van der Waals surface area contributed by atoms with Crippen molar-refractivity contribution in [2.45, 2.75) is 100 Å². The molecule has 0 rings (SSSR count). The van der Waals surface area contributed by atoms with Gasteiger partial charge in [0.2, 0.25) is 47.3 Å². The summed E-state index contributed by atoms with van der Waals surface area (Å²) in [6.07, 6.45) is -0.730. The molecule has 0 heterocycles. The Hall–Kier alpha value is -5.78. The number of aliphatic hydroxyl groups is 1. The lowest BCUT2D eigenvalue weighted by atomic mass is 10.1. The third-order valence-electron chi connectivity index (χ3n) is 8.61. The largest absolute Gasteiger partial charge is 0.481 e. The number of hydrogen-bond donors (Lipinski definition) is 16. The predicted molar refractivity (Wildman–Crippen MR) is 226 cm³/mol. The highest BCUT2D eigenvalue weighted by Crippen LogP contribution is 2.07. The quantitative estimate of drug-likeness (QED) is 0.0211. The number of nitrogens with two attached hydrogens (primary N) is 2. The van der Waals surface area contributed by atoms with Crippen LogP contribution in [0.2, 0.25) is 0 Å². The lowest BCUT2D eigenvalue weighted by molar-refractivity contribution is -0.143. The van der Waals surface area contributed by atoms with Crippen LogP contribution in [0.1, 0.15) is 57.8 Å². The highest BCUT2D eigenvalue weighted by Gasteiger charge is 2.32. The van der Waals surface area contributed by atoms with Crippen molar-refractivity contribution in [3.8, 4) is 0 Å². The van der Waals surface area contributed by atoms with E-state index < -0.39 is 171 Å². The van der Waals surface area contributed by atoms with Crippen molar-refractivity contribution >= 4 is 95.5 Å². The lowest BCUT2D eigenvalue weighted by Crippen LogP contribution is -2.58. The molecule has 64 heavy (non-hydrogen) atoms. The van der Waals surface area contributed by atoms with Gasteiger partial charge < -0.3 is 79.5 Å². The molecule has 0 radical (unpaired) electrons. The van der Waals surface area contributed by atoms with Crippen LogP contribution < -0.4 is 54.0 Å². The number of rotatable bonds is 34. The second kappa shape index (κ2) is 32.0. The van der Waals surface area contributed by atoms with E-state index in [9.17, 15) is 67.7 Å². The molecule has 29 heteroatoms. The van der Waals surface area contributed by atoms with Crippen molar-refractivity contribution in [1.82, 2.24) is 42.5 Å². The van der Waals surface area contributed by atoms with Gasteiger partial charge in [-0.15, -0.1) is 0 Å². The Kier molecular flexibility index (Phi) is 29.1. The molecule has 0 saturated carbocycles. The zero-order chi connectivity index (χ0) is 48.9. The smallest absolute Gasteiger partial charge is 0.326 e. The molecule has 0 aromatic heterocycles. The van der Waals surface area contributed by atoms with E-state index in [0.29, 0.717) is 12.8 Å². The van der Waals surface area contributed by atoms with Crippen LogP contribution in [0, 0.1) is 0 Å². The van der Waals surface area contributed by atoms with Gasteiger partial charge in [-0.1, -0.05) is 0 Å². The molecule has 8 amide bonds. The molecule has 0 bridgehead atoms. The van der Waals surface area contributed by atoms with E-state index in [1.807, 2.05) is 0 Å². The fourth-order valence-corrected chi connectivity index (χ4v) is 5.88. The van der Waals surface area contributed by atoms with Gasteiger partial charge >= 0.3 is 23.9 Å². The van der Waals surface area contributed by atoms with Crippen molar-refractivity contribution in [1.29, 1.82) is 0 Å². The van der Waals surface area contributed by atoms with E-state index >= 15 is 0 Å². The maximum Gasteiger partial charge on any atom is 0.326 e. The number of nitrogens with one attached hydrogen (secondary N) is 8. The first-order chi connectivity index (χ1) is 30.1. The number of carbonyl (C=O) groups excluding carboxylic acids is 8. The fraction of sp³-hybridized carbons (Fsp3) is 0.657. The predicted octanol–water partition coefficient (Wildman–Crippen LogP) is -6.45. The highest BCUT2D eigenvalue weighted by atomic mass is 32.2. The van der Waals surface area contributed by atoms with Gasteiger partial charge in [0.05, 0.1) is 26.1 Å². The van der Waals surface area contributed by atoms with E-state index in [1.54, 1.807) is 6.26 Å². The van der Waals surface area contributed by atoms with Gasteiger partial charge in [0.1, 0.15) is 42.3 Å². The van der Waals surface area contributed by atoms with Crippen LogP contribution in [-0.4, -0.2) is 183 Å². The summed E-state index contributed by atoms with van der Waals surface area (Å²) in [5.74, 6) is -14.1. The van der Waals surface area contributed by atoms with Crippen molar-refractivity contribution in [2.24, 2.45) is 11.5 Å². The SMILES string of the molecule is CSCC[C@H](NC(=O)CNC(=O)[C@H](CCC(=O)O)NC(=O)[C@@H](N)CO)C(=O)N[C@@H](CC(=O)O)C(=O)NCC(=O)N[C@@H](CS)C(=O)N[C@@H](CCC(=O)O)C(=O)N[C@@H](CCCCN)C(=O)O. The molecule has 0 aromatic rings. The number of amides is 8. The van der Waals surface area contributed by atoms with Gasteiger partial charge in [0.25, 0.3) is 0 Å². The third-order valence-corrected chi connectivity index (χ3v) is 9.62. The Labute approximate surface area is 375 Å². The standard InChI is InChI=1S/C35H58N10O17S2/c1-64-11-9-20(40-24(47)13-38-30(56)18(5-7-26(49)50)42-29(55)17(37)15-46)33(59)45-22(12-28(53)54)31(57)39-14-25(48)41-23(16-63)34(60)43-19(6-8-27(51)52)32(58)44-21(35(61)62)4-2-3-10-36/h17-23,46,63H,2-16,36-37H2,1H3,(H,38,56)(H,39,57)(H,40,47)(H,41,48)(H,42,55)(H,43,60)(H,44,58)(H,45,59)(H,49,50)(H,51,52)(H,53,54)(H,61,62)/t17-,18-,19-,20-,21-,22-,23-/m0/s1. The Bertz CT molecular complexity index is 1660. The van der Waals surface area contributed by atoms with Crippen molar-refractivity contribution in [2.75, 3.05) is 44.0 Å². The zero-order valence-corrected chi connectivity index (χ0v) is 36.5. The summed E-state index contributed by atoms with van der Waals surface area (Å²) in [6.45, 7) is -2.23. The molecule has 0 spiro atoms. The van der Waals surface area contributed by atoms with Gasteiger partial charge in [-0.3, -0.25) is 52.7 Å². The van der Waals surface area contributed by atoms with Crippen LogP contribution in [0.15, 0.2) is 0 Å². The molecule has 0 aliphatic carbocycles. The Balaban J connectivity index is 5.74. The molecular weight excluding hydrogens is 897 g/mol. The highest BCUT2D eigenvalue weighted by molar-refractivity contribution is 7.98. The van der Waals surface area contributed by atoms with E-state index in [2.05, 4.69) is 55.2 Å². The molecular formula is C35H58N10O17S2. The van der Waals surface area contributed by atoms with E-state index in [4.69, 9.17) is 26.8 Å².